The summed E-state index contributed by atoms with van der Waals surface area (Å²) < 4.78 is 0. The van der Waals surface area contributed by atoms with Gasteiger partial charge >= 0.3 is 0 Å². The topological polar surface area (TPSA) is 45.2 Å². The Morgan fingerprint density at radius 2 is 2.20 bits per heavy atom. The van der Waals surface area contributed by atoms with Gasteiger partial charge in [-0.3, -0.25) is 4.79 Å². The fourth-order valence-corrected chi connectivity index (χ4v) is 1.24. The van der Waals surface area contributed by atoms with Crippen LogP contribution in [0.1, 0.15) is 6.92 Å². The molecule has 0 aromatic carbocycles. The van der Waals surface area contributed by atoms with Crippen molar-refractivity contribution in [2.75, 3.05) is 19.4 Å². The number of hydrogen-bond acceptors (Lipinski definition) is 3. The lowest BCUT2D eigenvalue weighted by molar-refractivity contribution is -0.129. The summed E-state index contributed by atoms with van der Waals surface area (Å²) in [5.74, 6) is 0.647. The molecular formula is C10H14ClN3O. The van der Waals surface area contributed by atoms with Gasteiger partial charge in [-0.05, 0) is 19.1 Å². The maximum Gasteiger partial charge on any atom is 0.244 e. The predicted octanol–water partition coefficient (Wildman–Crippen LogP) is 1.62. The Kier molecular flexibility index (Phi) is 3.91. The second-order valence-electron chi connectivity index (χ2n) is 3.46. The Hall–Kier alpha value is -1.29. The van der Waals surface area contributed by atoms with Crippen LogP contribution in [0, 0.1) is 0 Å². The molecular weight excluding hydrogens is 214 g/mol. The average molecular weight is 228 g/mol. The Morgan fingerprint density at radius 1 is 1.53 bits per heavy atom. The number of nitrogens with zero attached hydrogens (tertiary/aromatic N) is 2. The minimum Gasteiger partial charge on any atom is -0.359 e. The van der Waals surface area contributed by atoms with E-state index in [-0.39, 0.29) is 11.9 Å². The molecule has 1 aromatic heterocycles. The van der Waals surface area contributed by atoms with Crippen molar-refractivity contribution in [2.45, 2.75) is 13.0 Å². The predicted molar refractivity (Wildman–Crippen MR) is 61.0 cm³/mol. The molecule has 0 saturated heterocycles. The summed E-state index contributed by atoms with van der Waals surface area (Å²) in [6, 6.07) is 3.17. The number of halogens is 1. The van der Waals surface area contributed by atoms with Gasteiger partial charge in [-0.1, -0.05) is 11.6 Å². The molecule has 0 fully saturated rings. The summed E-state index contributed by atoms with van der Waals surface area (Å²) in [6.07, 6.45) is 1.54. The minimum atomic E-state index is -0.298. The Morgan fingerprint density at radius 3 is 2.67 bits per heavy atom. The van der Waals surface area contributed by atoms with Gasteiger partial charge < -0.3 is 10.2 Å². The number of amides is 1. The summed E-state index contributed by atoms with van der Waals surface area (Å²) in [6.45, 7) is 1.79. The molecule has 5 heteroatoms. The molecule has 4 nitrogen and oxygen atoms in total. The minimum absolute atomic E-state index is 0.00625. The number of carbonyl (C=O) groups excluding carboxylic acids is 1. The van der Waals surface area contributed by atoms with E-state index in [4.69, 9.17) is 11.6 Å². The third kappa shape index (κ3) is 3.40. The van der Waals surface area contributed by atoms with Crippen molar-refractivity contribution in [1.29, 1.82) is 0 Å². The standard InChI is InChI=1S/C10H14ClN3O/c1-7(10(15)14(2)3)13-9-5-4-8(11)6-12-9/h4-7H,1-3H3,(H,12,13). The van der Waals surface area contributed by atoms with Gasteiger partial charge in [0.2, 0.25) is 5.91 Å². The van der Waals surface area contributed by atoms with Crippen LogP contribution in [0.3, 0.4) is 0 Å². The van der Waals surface area contributed by atoms with Gasteiger partial charge in [0.1, 0.15) is 11.9 Å². The fraction of sp³-hybridized carbons (Fsp3) is 0.400. The molecule has 0 saturated carbocycles. The first-order valence-electron chi connectivity index (χ1n) is 4.60. The third-order valence-electron chi connectivity index (χ3n) is 1.90. The van der Waals surface area contributed by atoms with E-state index in [9.17, 15) is 4.79 Å². The zero-order valence-corrected chi connectivity index (χ0v) is 9.75. The average Bonchev–Trinajstić information content (AvgIpc) is 2.20. The van der Waals surface area contributed by atoms with Crippen molar-refractivity contribution in [3.05, 3.63) is 23.4 Å². The smallest absolute Gasteiger partial charge is 0.244 e. The fourth-order valence-electron chi connectivity index (χ4n) is 1.13. The van der Waals surface area contributed by atoms with Crippen molar-refractivity contribution < 1.29 is 4.79 Å². The van der Waals surface area contributed by atoms with Crippen LogP contribution in [0.5, 0.6) is 0 Å². The van der Waals surface area contributed by atoms with E-state index >= 15 is 0 Å². The second kappa shape index (κ2) is 4.98. The molecule has 0 aliphatic carbocycles. The molecule has 1 atom stereocenters. The van der Waals surface area contributed by atoms with E-state index in [0.717, 1.165) is 0 Å². The number of aromatic nitrogens is 1. The molecule has 0 radical (unpaired) electrons. The first-order valence-corrected chi connectivity index (χ1v) is 4.97. The summed E-state index contributed by atoms with van der Waals surface area (Å²) in [4.78, 5) is 17.1. The van der Waals surface area contributed by atoms with Crippen molar-refractivity contribution in [2.24, 2.45) is 0 Å². The monoisotopic (exact) mass is 227 g/mol. The Bertz CT molecular complexity index is 337. The molecule has 1 rings (SSSR count). The highest BCUT2D eigenvalue weighted by atomic mass is 35.5. The molecule has 1 N–H and O–H groups in total. The summed E-state index contributed by atoms with van der Waals surface area (Å²) >= 11 is 5.70. The van der Waals surface area contributed by atoms with Gasteiger partial charge in [0.25, 0.3) is 0 Å². The van der Waals surface area contributed by atoms with E-state index in [0.29, 0.717) is 10.8 Å². The van der Waals surface area contributed by atoms with E-state index in [2.05, 4.69) is 10.3 Å². The second-order valence-corrected chi connectivity index (χ2v) is 3.90. The maximum atomic E-state index is 11.5. The maximum absolute atomic E-state index is 11.5. The van der Waals surface area contributed by atoms with Crippen LogP contribution in [-0.4, -0.2) is 35.9 Å². The van der Waals surface area contributed by atoms with Crippen LogP contribution in [0.4, 0.5) is 5.82 Å². The van der Waals surface area contributed by atoms with Crippen LogP contribution in [0.25, 0.3) is 0 Å². The molecule has 0 aliphatic heterocycles. The zero-order valence-electron chi connectivity index (χ0n) is 8.99. The number of carbonyl (C=O) groups is 1. The quantitative estimate of drug-likeness (QED) is 0.854. The molecule has 1 aromatic rings. The first kappa shape index (κ1) is 11.8. The lowest BCUT2D eigenvalue weighted by Gasteiger charge is -2.18. The largest absolute Gasteiger partial charge is 0.359 e. The number of pyridine rings is 1. The number of hydrogen-bond donors (Lipinski definition) is 1. The van der Waals surface area contributed by atoms with Gasteiger partial charge in [-0.2, -0.15) is 0 Å². The van der Waals surface area contributed by atoms with E-state index in [1.807, 2.05) is 0 Å². The van der Waals surface area contributed by atoms with Gasteiger partial charge in [-0.15, -0.1) is 0 Å². The van der Waals surface area contributed by atoms with E-state index in [1.165, 1.54) is 11.1 Å². The highest BCUT2D eigenvalue weighted by Crippen LogP contribution is 2.10. The van der Waals surface area contributed by atoms with Crippen LogP contribution in [0.15, 0.2) is 18.3 Å². The lowest BCUT2D eigenvalue weighted by atomic mass is 10.3. The highest BCUT2D eigenvalue weighted by molar-refractivity contribution is 6.30. The van der Waals surface area contributed by atoms with Gasteiger partial charge in [-0.25, -0.2) is 4.98 Å². The van der Waals surface area contributed by atoms with Crippen molar-refractivity contribution >= 4 is 23.3 Å². The van der Waals surface area contributed by atoms with Crippen molar-refractivity contribution in [1.82, 2.24) is 9.88 Å². The number of anilines is 1. The Balaban J connectivity index is 2.62. The zero-order chi connectivity index (χ0) is 11.4. The van der Waals surface area contributed by atoms with Crippen molar-refractivity contribution in [3.63, 3.8) is 0 Å². The van der Waals surface area contributed by atoms with Gasteiger partial charge in [0.05, 0.1) is 5.02 Å². The van der Waals surface area contributed by atoms with Crippen LogP contribution >= 0.6 is 11.6 Å². The molecule has 0 bridgehead atoms. The highest BCUT2D eigenvalue weighted by Gasteiger charge is 2.14. The molecule has 1 unspecified atom stereocenters. The van der Waals surface area contributed by atoms with Gasteiger partial charge in [0.15, 0.2) is 0 Å². The van der Waals surface area contributed by atoms with Crippen LogP contribution in [-0.2, 0) is 4.79 Å². The summed E-state index contributed by atoms with van der Waals surface area (Å²) in [5.41, 5.74) is 0. The molecule has 1 heterocycles. The third-order valence-corrected chi connectivity index (χ3v) is 2.13. The van der Waals surface area contributed by atoms with Crippen LogP contribution in [0.2, 0.25) is 5.02 Å². The van der Waals surface area contributed by atoms with Crippen molar-refractivity contribution in [3.8, 4) is 0 Å². The molecule has 0 aliphatic rings. The molecule has 1 amide bonds. The number of likely N-dealkylation sites (N-methyl/N-ethyl adjacent to an activating group) is 1. The van der Waals surface area contributed by atoms with E-state index < -0.39 is 0 Å². The van der Waals surface area contributed by atoms with E-state index in [1.54, 1.807) is 33.2 Å². The number of nitrogens with one attached hydrogen (secondary N) is 1. The summed E-state index contributed by atoms with van der Waals surface area (Å²) in [7, 11) is 3.44. The molecule has 15 heavy (non-hydrogen) atoms. The summed E-state index contributed by atoms with van der Waals surface area (Å²) in [5, 5.41) is 3.57. The lowest BCUT2D eigenvalue weighted by Crippen LogP contribution is -2.36. The number of rotatable bonds is 3. The normalized spacial score (nSPS) is 12.0. The Labute approximate surface area is 94.3 Å². The SMILES string of the molecule is CC(Nc1ccc(Cl)cn1)C(=O)N(C)C. The van der Waals surface area contributed by atoms with Gasteiger partial charge in [0, 0.05) is 20.3 Å². The van der Waals surface area contributed by atoms with Crippen LogP contribution < -0.4 is 5.32 Å². The first-order chi connectivity index (χ1) is 7.00. The molecule has 82 valence electrons. The molecule has 0 spiro atoms.